The SMILES string of the molecule is CNC(C)Cc1noc(COc2ccc([N+](=O)[O-])cc2)n1.Cl. The predicted octanol–water partition coefficient (Wildman–Crippen LogP) is 2.13. The summed E-state index contributed by atoms with van der Waals surface area (Å²) in [6, 6.07) is 6.06. The van der Waals surface area contributed by atoms with Crippen LogP contribution in [-0.4, -0.2) is 28.2 Å². The molecule has 120 valence electrons. The Bertz CT molecular complexity index is 602. The number of rotatable bonds is 7. The van der Waals surface area contributed by atoms with Gasteiger partial charge in [0.15, 0.2) is 12.4 Å². The molecular weight excluding hydrogens is 312 g/mol. The van der Waals surface area contributed by atoms with Gasteiger partial charge in [0.05, 0.1) is 4.92 Å². The lowest BCUT2D eigenvalue weighted by Gasteiger charge is -2.04. The fourth-order valence-electron chi connectivity index (χ4n) is 1.62. The summed E-state index contributed by atoms with van der Waals surface area (Å²) in [6.45, 7) is 2.14. The molecule has 2 rings (SSSR count). The van der Waals surface area contributed by atoms with Crippen molar-refractivity contribution in [1.29, 1.82) is 0 Å². The average molecular weight is 329 g/mol. The Morgan fingerprint density at radius 2 is 2.09 bits per heavy atom. The lowest BCUT2D eigenvalue weighted by atomic mass is 10.2. The summed E-state index contributed by atoms with van der Waals surface area (Å²) in [7, 11) is 1.86. The van der Waals surface area contributed by atoms with E-state index in [9.17, 15) is 10.1 Å². The van der Waals surface area contributed by atoms with Crippen molar-refractivity contribution in [2.24, 2.45) is 0 Å². The summed E-state index contributed by atoms with van der Waals surface area (Å²) >= 11 is 0. The predicted molar refractivity (Wildman–Crippen MR) is 81.2 cm³/mol. The molecule has 9 heteroatoms. The van der Waals surface area contributed by atoms with Crippen LogP contribution in [-0.2, 0) is 13.0 Å². The number of likely N-dealkylation sites (N-methyl/N-ethyl adjacent to an activating group) is 1. The molecule has 0 radical (unpaired) electrons. The van der Waals surface area contributed by atoms with Gasteiger partial charge in [0.2, 0.25) is 0 Å². The minimum Gasteiger partial charge on any atom is -0.484 e. The maximum Gasteiger partial charge on any atom is 0.269 e. The molecule has 0 aliphatic heterocycles. The van der Waals surface area contributed by atoms with E-state index >= 15 is 0 Å². The normalized spacial score (nSPS) is 11.5. The molecule has 0 bridgehead atoms. The first-order valence-electron chi connectivity index (χ1n) is 6.44. The maximum absolute atomic E-state index is 10.5. The minimum atomic E-state index is -0.461. The Balaban J connectivity index is 0.00000242. The van der Waals surface area contributed by atoms with E-state index in [-0.39, 0.29) is 30.7 Å². The highest BCUT2D eigenvalue weighted by Gasteiger charge is 2.10. The quantitative estimate of drug-likeness (QED) is 0.613. The van der Waals surface area contributed by atoms with E-state index in [2.05, 4.69) is 15.5 Å². The number of hydrogen-bond donors (Lipinski definition) is 1. The highest BCUT2D eigenvalue weighted by molar-refractivity contribution is 5.85. The third kappa shape index (κ3) is 4.97. The van der Waals surface area contributed by atoms with Crippen molar-refractivity contribution in [1.82, 2.24) is 15.5 Å². The number of hydrogen-bond acceptors (Lipinski definition) is 7. The summed E-state index contributed by atoms with van der Waals surface area (Å²) in [5.74, 6) is 1.48. The highest BCUT2D eigenvalue weighted by Crippen LogP contribution is 2.18. The summed E-state index contributed by atoms with van der Waals surface area (Å²) in [5.41, 5.74) is 0.0171. The van der Waals surface area contributed by atoms with E-state index in [0.717, 1.165) is 0 Å². The number of nitro groups is 1. The smallest absolute Gasteiger partial charge is 0.269 e. The third-order valence-corrected chi connectivity index (χ3v) is 2.90. The Hall–Kier alpha value is -2.19. The molecule has 1 N–H and O–H groups in total. The molecule has 1 aromatic heterocycles. The second-order valence-electron chi connectivity index (χ2n) is 4.54. The molecule has 0 saturated heterocycles. The van der Waals surface area contributed by atoms with Crippen molar-refractivity contribution in [3.63, 3.8) is 0 Å². The van der Waals surface area contributed by atoms with Crippen molar-refractivity contribution in [2.45, 2.75) is 26.0 Å². The summed E-state index contributed by atoms with van der Waals surface area (Å²) in [5, 5.41) is 17.5. The van der Waals surface area contributed by atoms with E-state index in [1.54, 1.807) is 0 Å². The van der Waals surface area contributed by atoms with E-state index in [0.29, 0.717) is 23.9 Å². The van der Waals surface area contributed by atoms with Gasteiger partial charge in [-0.15, -0.1) is 12.4 Å². The average Bonchev–Trinajstić information content (AvgIpc) is 2.93. The Morgan fingerprint density at radius 1 is 1.41 bits per heavy atom. The fourth-order valence-corrected chi connectivity index (χ4v) is 1.62. The fraction of sp³-hybridized carbons (Fsp3) is 0.385. The van der Waals surface area contributed by atoms with E-state index in [4.69, 9.17) is 9.26 Å². The van der Waals surface area contributed by atoms with Gasteiger partial charge in [-0.2, -0.15) is 4.98 Å². The van der Waals surface area contributed by atoms with Crippen LogP contribution in [0.2, 0.25) is 0 Å². The summed E-state index contributed by atoms with van der Waals surface area (Å²) in [4.78, 5) is 14.3. The van der Waals surface area contributed by atoms with Gasteiger partial charge in [-0.25, -0.2) is 0 Å². The van der Waals surface area contributed by atoms with Crippen LogP contribution in [0.15, 0.2) is 28.8 Å². The lowest BCUT2D eigenvalue weighted by molar-refractivity contribution is -0.384. The van der Waals surface area contributed by atoms with Gasteiger partial charge >= 0.3 is 0 Å². The number of nitro benzene ring substituents is 1. The zero-order valence-electron chi connectivity index (χ0n) is 12.2. The van der Waals surface area contributed by atoms with Crippen LogP contribution in [0, 0.1) is 10.1 Å². The van der Waals surface area contributed by atoms with Crippen LogP contribution in [0.3, 0.4) is 0 Å². The molecule has 0 amide bonds. The van der Waals surface area contributed by atoms with Crippen LogP contribution in [0.4, 0.5) is 5.69 Å². The van der Waals surface area contributed by atoms with Crippen molar-refractivity contribution in [3.8, 4) is 5.75 Å². The first-order chi connectivity index (χ1) is 10.1. The first-order valence-corrected chi connectivity index (χ1v) is 6.44. The maximum atomic E-state index is 10.5. The van der Waals surface area contributed by atoms with Gasteiger partial charge in [0.1, 0.15) is 5.75 Å². The Morgan fingerprint density at radius 3 is 2.68 bits per heavy atom. The van der Waals surface area contributed by atoms with E-state index in [1.807, 2.05) is 14.0 Å². The molecule has 2 aromatic rings. The highest BCUT2D eigenvalue weighted by atomic mass is 35.5. The topological polar surface area (TPSA) is 103 Å². The number of nitrogens with one attached hydrogen (secondary N) is 1. The molecule has 22 heavy (non-hydrogen) atoms. The largest absolute Gasteiger partial charge is 0.484 e. The third-order valence-electron chi connectivity index (χ3n) is 2.90. The zero-order chi connectivity index (χ0) is 15.2. The number of halogens is 1. The standard InChI is InChI=1S/C13H16N4O4.ClH/c1-9(14-2)7-12-15-13(21-16-12)8-20-11-5-3-10(4-6-11)17(18)19;/h3-6,9,14H,7-8H2,1-2H3;1H. The molecule has 0 aliphatic rings. The monoisotopic (exact) mass is 328 g/mol. The van der Waals surface area contributed by atoms with Crippen molar-refractivity contribution in [3.05, 3.63) is 46.1 Å². The van der Waals surface area contributed by atoms with Crippen molar-refractivity contribution < 1.29 is 14.2 Å². The summed E-state index contributed by atoms with van der Waals surface area (Å²) in [6.07, 6.45) is 0.664. The molecule has 1 atom stereocenters. The molecule has 0 saturated carbocycles. The van der Waals surface area contributed by atoms with Crippen molar-refractivity contribution >= 4 is 18.1 Å². The number of aromatic nitrogens is 2. The molecule has 8 nitrogen and oxygen atoms in total. The van der Waals surface area contributed by atoms with Crippen LogP contribution < -0.4 is 10.1 Å². The van der Waals surface area contributed by atoms with Crippen LogP contribution >= 0.6 is 12.4 Å². The number of benzene rings is 1. The van der Waals surface area contributed by atoms with Crippen LogP contribution in [0.5, 0.6) is 5.75 Å². The second kappa shape index (κ2) is 8.30. The minimum absolute atomic E-state index is 0. The Kier molecular flexibility index (Phi) is 6.74. The van der Waals surface area contributed by atoms with E-state index in [1.165, 1.54) is 24.3 Å². The van der Waals surface area contributed by atoms with Gasteiger partial charge in [-0.1, -0.05) is 5.16 Å². The molecule has 0 aliphatic carbocycles. The molecule has 1 heterocycles. The Labute approximate surface area is 133 Å². The van der Waals surface area contributed by atoms with E-state index < -0.39 is 4.92 Å². The zero-order valence-corrected chi connectivity index (χ0v) is 13.0. The van der Waals surface area contributed by atoms with Gasteiger partial charge in [0, 0.05) is 24.6 Å². The number of nitrogens with zero attached hydrogens (tertiary/aromatic N) is 3. The van der Waals surface area contributed by atoms with Gasteiger partial charge in [-0.3, -0.25) is 10.1 Å². The number of ether oxygens (including phenoxy) is 1. The molecule has 1 aromatic carbocycles. The molecule has 1 unspecified atom stereocenters. The molecule has 0 fully saturated rings. The molecule has 0 spiro atoms. The molecular formula is C13H17ClN4O4. The van der Waals surface area contributed by atoms with Crippen LogP contribution in [0.1, 0.15) is 18.6 Å². The number of non-ortho nitro benzene ring substituents is 1. The van der Waals surface area contributed by atoms with Crippen LogP contribution in [0.25, 0.3) is 0 Å². The summed E-state index contributed by atoms with van der Waals surface area (Å²) < 4.78 is 10.5. The van der Waals surface area contributed by atoms with Gasteiger partial charge in [-0.05, 0) is 26.1 Å². The van der Waals surface area contributed by atoms with Crippen molar-refractivity contribution in [2.75, 3.05) is 7.05 Å². The van der Waals surface area contributed by atoms with Gasteiger partial charge in [0.25, 0.3) is 11.6 Å². The first kappa shape index (κ1) is 17.9. The second-order valence-corrected chi connectivity index (χ2v) is 4.54. The lowest BCUT2D eigenvalue weighted by Crippen LogP contribution is -2.24. The van der Waals surface area contributed by atoms with Gasteiger partial charge < -0.3 is 14.6 Å².